The molecule has 0 heterocycles. The molecule has 0 aliphatic rings. The number of hydrogen-bond acceptors (Lipinski definition) is 6. The zero-order valence-corrected chi connectivity index (χ0v) is 33.3. The molecule has 6 heteroatoms. The number of carbonyl (C=O) groups excluding carboxylic acids is 2. The average molecular weight is 691 g/mol. The smallest absolute Gasteiger partial charge is 0.320 e. The molecule has 0 spiro atoms. The molecule has 0 saturated heterocycles. The van der Waals surface area contributed by atoms with Crippen molar-refractivity contribution in [3.63, 3.8) is 0 Å². The van der Waals surface area contributed by atoms with Gasteiger partial charge in [-0.3, -0.25) is 9.59 Å². The molecular formula is C42H74O5S. The van der Waals surface area contributed by atoms with Crippen LogP contribution >= 0.6 is 11.8 Å². The fourth-order valence-corrected chi connectivity index (χ4v) is 7.08. The van der Waals surface area contributed by atoms with Gasteiger partial charge in [0, 0.05) is 16.0 Å². The lowest BCUT2D eigenvalue weighted by atomic mass is 9.79. The predicted molar refractivity (Wildman–Crippen MR) is 205 cm³/mol. The number of unbranched alkanes of at least 4 members (excludes halogenated alkanes) is 18. The lowest BCUT2D eigenvalue weighted by molar-refractivity contribution is -0.149. The highest BCUT2D eigenvalue weighted by Crippen LogP contribution is 2.43. The Kier molecular flexibility index (Phi) is 23.4. The second kappa shape index (κ2) is 25.3. The maximum atomic E-state index is 13.4. The summed E-state index contributed by atoms with van der Waals surface area (Å²) in [6, 6.07) is 3.93. The summed E-state index contributed by atoms with van der Waals surface area (Å²) in [5, 5.41) is 10.5. The van der Waals surface area contributed by atoms with Crippen LogP contribution in [0.2, 0.25) is 0 Å². The zero-order chi connectivity index (χ0) is 35.8. The minimum Gasteiger partial charge on any atom is -0.507 e. The number of ether oxygens (including phenoxy) is 2. The van der Waals surface area contributed by atoms with E-state index in [1.54, 1.807) is 0 Å². The average Bonchev–Trinajstić information content (AvgIpc) is 3.01. The fourth-order valence-electron chi connectivity index (χ4n) is 6.00. The molecule has 0 radical (unpaired) electrons. The Morgan fingerprint density at radius 1 is 0.604 bits per heavy atom. The lowest BCUT2D eigenvalue weighted by Gasteiger charge is -2.28. The van der Waals surface area contributed by atoms with Gasteiger partial charge >= 0.3 is 11.9 Å². The normalized spacial score (nSPS) is 12.7. The molecule has 0 amide bonds. The van der Waals surface area contributed by atoms with Crippen molar-refractivity contribution >= 4 is 23.7 Å². The van der Waals surface area contributed by atoms with Crippen LogP contribution in [-0.2, 0) is 29.9 Å². The number of thioether (sulfide) groups is 1. The van der Waals surface area contributed by atoms with Gasteiger partial charge in [-0.25, -0.2) is 0 Å². The highest BCUT2D eigenvalue weighted by molar-refractivity contribution is 8.00. The first-order valence-corrected chi connectivity index (χ1v) is 20.6. The SMILES string of the molecule is CCCCCCCCCCCCOC(=O)CC(Sc1cc(C(C)(C)C)c(O)c(C(C)(C)C)c1)C(=O)OCCCCCCCCCCCC. The zero-order valence-electron chi connectivity index (χ0n) is 32.5. The van der Waals surface area contributed by atoms with Crippen LogP contribution in [0.3, 0.4) is 0 Å². The molecule has 1 atom stereocenters. The second-order valence-corrected chi connectivity index (χ2v) is 17.2. The third-order valence-corrected chi connectivity index (χ3v) is 10.2. The third kappa shape index (κ3) is 20.1. The quantitative estimate of drug-likeness (QED) is 0.0563. The van der Waals surface area contributed by atoms with E-state index < -0.39 is 5.25 Å². The van der Waals surface area contributed by atoms with Crippen molar-refractivity contribution in [2.75, 3.05) is 13.2 Å². The molecule has 48 heavy (non-hydrogen) atoms. The van der Waals surface area contributed by atoms with Gasteiger partial charge in [0.05, 0.1) is 19.6 Å². The van der Waals surface area contributed by atoms with Crippen LogP contribution in [0, 0.1) is 0 Å². The molecule has 1 aromatic rings. The van der Waals surface area contributed by atoms with Gasteiger partial charge < -0.3 is 14.6 Å². The lowest BCUT2D eigenvalue weighted by Crippen LogP contribution is -2.25. The van der Waals surface area contributed by atoms with Crippen LogP contribution in [0.1, 0.15) is 201 Å². The second-order valence-electron chi connectivity index (χ2n) is 15.9. The Morgan fingerprint density at radius 3 is 1.33 bits per heavy atom. The molecule has 0 fully saturated rings. The number of carbonyl (C=O) groups is 2. The van der Waals surface area contributed by atoms with E-state index in [2.05, 4.69) is 55.4 Å². The maximum absolute atomic E-state index is 13.4. The summed E-state index contributed by atoms with van der Waals surface area (Å²) in [5.41, 5.74) is 1.08. The van der Waals surface area contributed by atoms with Gasteiger partial charge in [0.2, 0.25) is 0 Å². The molecule has 1 unspecified atom stereocenters. The van der Waals surface area contributed by atoms with Gasteiger partial charge in [-0.05, 0) is 35.8 Å². The molecule has 1 rings (SSSR count). The molecule has 0 bridgehead atoms. The van der Waals surface area contributed by atoms with E-state index in [1.807, 2.05) is 12.1 Å². The van der Waals surface area contributed by atoms with E-state index in [0.717, 1.165) is 48.1 Å². The Hall–Kier alpha value is -1.69. The van der Waals surface area contributed by atoms with Gasteiger partial charge in [0.15, 0.2) is 0 Å². The van der Waals surface area contributed by atoms with Crippen molar-refractivity contribution < 1.29 is 24.2 Å². The van der Waals surface area contributed by atoms with E-state index in [4.69, 9.17) is 9.47 Å². The Labute approximate surface area is 300 Å². The number of esters is 2. The van der Waals surface area contributed by atoms with Crippen molar-refractivity contribution in [3.05, 3.63) is 23.3 Å². The van der Waals surface area contributed by atoms with Crippen molar-refractivity contribution in [1.82, 2.24) is 0 Å². The fraction of sp³-hybridized carbons (Fsp3) is 0.810. The Morgan fingerprint density at radius 2 is 0.958 bits per heavy atom. The summed E-state index contributed by atoms with van der Waals surface area (Å²) in [7, 11) is 0. The topological polar surface area (TPSA) is 72.8 Å². The van der Waals surface area contributed by atoms with Crippen LogP contribution < -0.4 is 0 Å². The monoisotopic (exact) mass is 691 g/mol. The number of phenolic OH excluding ortho intramolecular Hbond substituents is 1. The van der Waals surface area contributed by atoms with E-state index in [1.165, 1.54) is 108 Å². The molecule has 5 nitrogen and oxygen atoms in total. The van der Waals surface area contributed by atoms with Crippen LogP contribution in [-0.4, -0.2) is 35.5 Å². The largest absolute Gasteiger partial charge is 0.507 e. The minimum absolute atomic E-state index is 0.0319. The Bertz CT molecular complexity index is 971. The van der Waals surface area contributed by atoms with Crippen LogP contribution in [0.4, 0.5) is 0 Å². The molecule has 0 aromatic heterocycles. The summed E-state index contributed by atoms with van der Waals surface area (Å²) < 4.78 is 11.4. The third-order valence-electron chi connectivity index (χ3n) is 9.10. The van der Waals surface area contributed by atoms with Gasteiger partial charge in [-0.2, -0.15) is 0 Å². The summed E-state index contributed by atoms with van der Waals surface area (Å²) in [6.45, 7) is 17.7. The van der Waals surface area contributed by atoms with E-state index >= 15 is 0 Å². The van der Waals surface area contributed by atoms with Crippen molar-refractivity contribution in [2.24, 2.45) is 0 Å². The van der Waals surface area contributed by atoms with E-state index in [0.29, 0.717) is 19.0 Å². The van der Waals surface area contributed by atoms with Gasteiger partial charge in [-0.15, -0.1) is 11.8 Å². The number of phenols is 1. The minimum atomic E-state index is -0.710. The molecule has 1 N–H and O–H groups in total. The first-order chi connectivity index (χ1) is 22.8. The van der Waals surface area contributed by atoms with E-state index in [9.17, 15) is 14.7 Å². The number of aromatic hydroxyl groups is 1. The van der Waals surface area contributed by atoms with Crippen molar-refractivity contribution in [1.29, 1.82) is 0 Å². The highest BCUT2D eigenvalue weighted by Gasteiger charge is 2.30. The molecular weight excluding hydrogens is 617 g/mol. The van der Waals surface area contributed by atoms with Gasteiger partial charge in [-0.1, -0.05) is 171 Å². The molecule has 278 valence electrons. The molecule has 1 aromatic carbocycles. The molecule has 0 aliphatic carbocycles. The highest BCUT2D eigenvalue weighted by atomic mass is 32.2. The molecule has 0 aliphatic heterocycles. The standard InChI is InChI=1S/C42H74O5S/c1-9-11-13-15-17-19-21-23-25-27-29-46-38(43)33-37(40(45)47-30-28-26-24-22-20-18-16-14-12-10-2)48-34-31-35(41(3,4)5)39(44)36(32-34)42(6,7)8/h31-32,37,44H,9-30,33H2,1-8H3. The van der Waals surface area contributed by atoms with Crippen molar-refractivity contribution in [2.45, 2.75) is 211 Å². The van der Waals surface area contributed by atoms with Gasteiger partial charge in [0.25, 0.3) is 0 Å². The van der Waals surface area contributed by atoms with Crippen molar-refractivity contribution in [3.8, 4) is 5.75 Å². The Balaban J connectivity index is 2.76. The summed E-state index contributed by atoms with van der Waals surface area (Å²) in [4.78, 5) is 27.3. The number of benzene rings is 1. The number of rotatable bonds is 27. The van der Waals surface area contributed by atoms with Crippen LogP contribution in [0.5, 0.6) is 5.75 Å². The first-order valence-electron chi connectivity index (χ1n) is 19.7. The maximum Gasteiger partial charge on any atom is 0.320 e. The molecule has 0 saturated carbocycles. The van der Waals surface area contributed by atoms with Crippen LogP contribution in [0.25, 0.3) is 0 Å². The summed E-state index contributed by atoms with van der Waals surface area (Å²) in [5.74, 6) is -0.421. The predicted octanol–water partition coefficient (Wildman–Crippen LogP) is 12.8. The van der Waals surface area contributed by atoms with Crippen LogP contribution in [0.15, 0.2) is 17.0 Å². The number of hydrogen-bond donors (Lipinski definition) is 1. The summed E-state index contributed by atoms with van der Waals surface area (Å²) in [6.07, 6.45) is 24.4. The van der Waals surface area contributed by atoms with E-state index in [-0.39, 0.29) is 29.2 Å². The summed E-state index contributed by atoms with van der Waals surface area (Å²) >= 11 is 1.35. The van der Waals surface area contributed by atoms with Gasteiger partial charge in [0.1, 0.15) is 11.0 Å². The first kappa shape index (κ1) is 44.3.